The molecule has 0 fully saturated rings. The van der Waals surface area contributed by atoms with Crippen LogP contribution >= 0.6 is 11.6 Å². The summed E-state index contributed by atoms with van der Waals surface area (Å²) in [7, 11) is 1.85. The van der Waals surface area contributed by atoms with E-state index in [4.69, 9.17) is 17.3 Å². The molecule has 0 saturated heterocycles. The van der Waals surface area contributed by atoms with E-state index in [0.29, 0.717) is 10.7 Å². The Morgan fingerprint density at radius 1 is 1.50 bits per heavy atom. The molecular weight excluding hydrogens is 174 g/mol. The number of hydrogen-bond donors (Lipinski definition) is 1. The van der Waals surface area contributed by atoms with E-state index >= 15 is 0 Å². The van der Waals surface area contributed by atoms with Gasteiger partial charge in [-0.1, -0.05) is 11.6 Å². The van der Waals surface area contributed by atoms with E-state index in [0.717, 1.165) is 10.9 Å². The highest BCUT2D eigenvalue weighted by atomic mass is 35.5. The topological polar surface area (TPSA) is 43.8 Å². The van der Waals surface area contributed by atoms with Gasteiger partial charge in [0.1, 0.15) is 0 Å². The highest BCUT2D eigenvalue weighted by Gasteiger charge is 2.03. The first-order valence-corrected chi connectivity index (χ1v) is 3.93. The van der Waals surface area contributed by atoms with Crippen molar-refractivity contribution in [1.82, 2.24) is 9.78 Å². The average molecular weight is 182 g/mol. The molecule has 2 aromatic rings. The molecule has 0 amide bonds. The van der Waals surface area contributed by atoms with Gasteiger partial charge in [0.15, 0.2) is 0 Å². The monoisotopic (exact) mass is 181 g/mol. The van der Waals surface area contributed by atoms with Crippen LogP contribution in [0.2, 0.25) is 5.02 Å². The van der Waals surface area contributed by atoms with Crippen LogP contribution in [0.15, 0.2) is 18.3 Å². The van der Waals surface area contributed by atoms with Gasteiger partial charge in [0, 0.05) is 17.5 Å². The van der Waals surface area contributed by atoms with Crippen LogP contribution in [0.25, 0.3) is 10.9 Å². The zero-order valence-corrected chi connectivity index (χ0v) is 7.34. The van der Waals surface area contributed by atoms with E-state index in [-0.39, 0.29) is 0 Å². The number of benzene rings is 1. The normalized spacial score (nSPS) is 10.8. The Bertz CT molecular complexity index is 433. The number of anilines is 1. The number of nitrogen functional groups attached to an aromatic ring is 1. The fourth-order valence-electron chi connectivity index (χ4n) is 1.32. The van der Waals surface area contributed by atoms with Gasteiger partial charge in [-0.15, -0.1) is 0 Å². The van der Waals surface area contributed by atoms with Crippen molar-refractivity contribution in [2.24, 2.45) is 7.05 Å². The zero-order valence-electron chi connectivity index (χ0n) is 6.58. The van der Waals surface area contributed by atoms with Gasteiger partial charge in [-0.05, 0) is 12.1 Å². The molecule has 1 heterocycles. The lowest BCUT2D eigenvalue weighted by atomic mass is 10.2. The zero-order chi connectivity index (χ0) is 8.72. The van der Waals surface area contributed by atoms with Crippen LogP contribution in [0.3, 0.4) is 0 Å². The van der Waals surface area contributed by atoms with Crippen molar-refractivity contribution < 1.29 is 0 Å². The fraction of sp³-hybridized carbons (Fsp3) is 0.125. The summed E-state index contributed by atoms with van der Waals surface area (Å²) in [6.45, 7) is 0. The third kappa shape index (κ3) is 0.940. The number of hydrogen-bond acceptors (Lipinski definition) is 2. The number of rotatable bonds is 0. The van der Waals surface area contributed by atoms with E-state index in [1.165, 1.54) is 0 Å². The molecule has 1 aromatic heterocycles. The molecular formula is C8H8ClN3. The molecule has 0 spiro atoms. The van der Waals surface area contributed by atoms with Crippen molar-refractivity contribution >= 4 is 28.2 Å². The third-order valence-corrected chi connectivity index (χ3v) is 2.05. The van der Waals surface area contributed by atoms with Gasteiger partial charge in [-0.2, -0.15) is 5.10 Å². The van der Waals surface area contributed by atoms with Gasteiger partial charge < -0.3 is 5.73 Å². The highest BCUT2D eigenvalue weighted by Crippen LogP contribution is 2.24. The summed E-state index contributed by atoms with van der Waals surface area (Å²) in [5.41, 5.74) is 7.35. The van der Waals surface area contributed by atoms with Gasteiger partial charge in [0.05, 0.1) is 17.4 Å². The van der Waals surface area contributed by atoms with Crippen molar-refractivity contribution in [2.45, 2.75) is 0 Å². The largest absolute Gasteiger partial charge is 0.397 e. The number of fused-ring (bicyclic) bond motifs is 1. The lowest BCUT2D eigenvalue weighted by Crippen LogP contribution is -1.94. The summed E-state index contributed by atoms with van der Waals surface area (Å²) in [4.78, 5) is 0. The van der Waals surface area contributed by atoms with Crippen molar-refractivity contribution in [2.75, 3.05) is 5.73 Å². The van der Waals surface area contributed by atoms with Gasteiger partial charge >= 0.3 is 0 Å². The highest BCUT2D eigenvalue weighted by molar-refractivity contribution is 6.31. The van der Waals surface area contributed by atoms with Crippen LogP contribution in [0.5, 0.6) is 0 Å². The summed E-state index contributed by atoms with van der Waals surface area (Å²) in [6, 6.07) is 3.58. The molecule has 0 atom stereocenters. The molecule has 12 heavy (non-hydrogen) atoms. The predicted molar refractivity (Wildman–Crippen MR) is 50.1 cm³/mol. The Labute approximate surface area is 74.7 Å². The molecule has 0 aliphatic heterocycles. The summed E-state index contributed by atoms with van der Waals surface area (Å²) in [6.07, 6.45) is 1.75. The van der Waals surface area contributed by atoms with Gasteiger partial charge in [-0.3, -0.25) is 4.68 Å². The predicted octanol–water partition coefficient (Wildman–Crippen LogP) is 1.81. The molecule has 0 aliphatic carbocycles. The van der Waals surface area contributed by atoms with Crippen LogP contribution in [-0.4, -0.2) is 9.78 Å². The van der Waals surface area contributed by atoms with Crippen LogP contribution in [0, 0.1) is 0 Å². The van der Waals surface area contributed by atoms with Crippen molar-refractivity contribution in [1.29, 1.82) is 0 Å². The van der Waals surface area contributed by atoms with E-state index in [9.17, 15) is 0 Å². The molecule has 0 unspecified atom stereocenters. The van der Waals surface area contributed by atoms with E-state index in [1.54, 1.807) is 16.9 Å². The standard InChI is InChI=1S/C8H8ClN3/c1-12-8-5(4-11-12)2-6(9)3-7(8)10/h2-4H,10H2,1H3. The minimum Gasteiger partial charge on any atom is -0.397 e. The first-order valence-electron chi connectivity index (χ1n) is 3.55. The van der Waals surface area contributed by atoms with Gasteiger partial charge in [0.2, 0.25) is 0 Å². The molecule has 1 aromatic carbocycles. The van der Waals surface area contributed by atoms with E-state index < -0.39 is 0 Å². The number of aromatic nitrogens is 2. The van der Waals surface area contributed by atoms with Crippen LogP contribution in [-0.2, 0) is 7.05 Å². The molecule has 0 aliphatic rings. The minimum absolute atomic E-state index is 0.646. The summed E-state index contributed by atoms with van der Waals surface area (Å²) in [5.74, 6) is 0. The van der Waals surface area contributed by atoms with Crippen molar-refractivity contribution in [3.8, 4) is 0 Å². The molecule has 4 heteroatoms. The first-order chi connectivity index (χ1) is 5.68. The van der Waals surface area contributed by atoms with E-state index in [2.05, 4.69) is 5.10 Å². The third-order valence-electron chi connectivity index (χ3n) is 1.83. The maximum atomic E-state index is 5.82. The molecule has 0 radical (unpaired) electrons. The van der Waals surface area contributed by atoms with E-state index in [1.807, 2.05) is 13.1 Å². The Kier molecular flexibility index (Phi) is 1.48. The summed E-state index contributed by atoms with van der Waals surface area (Å²) >= 11 is 5.82. The van der Waals surface area contributed by atoms with Crippen molar-refractivity contribution in [3.63, 3.8) is 0 Å². The molecule has 2 rings (SSSR count). The molecule has 2 N–H and O–H groups in total. The maximum absolute atomic E-state index is 5.82. The minimum atomic E-state index is 0.646. The molecule has 3 nitrogen and oxygen atoms in total. The number of nitrogens with zero attached hydrogens (tertiary/aromatic N) is 2. The number of halogens is 1. The first kappa shape index (κ1) is 7.43. The Morgan fingerprint density at radius 2 is 2.25 bits per heavy atom. The second-order valence-electron chi connectivity index (χ2n) is 2.70. The summed E-state index contributed by atoms with van der Waals surface area (Å²) < 4.78 is 1.74. The number of aryl methyl sites for hydroxylation is 1. The van der Waals surface area contributed by atoms with Crippen LogP contribution in [0.4, 0.5) is 5.69 Å². The number of nitrogens with two attached hydrogens (primary N) is 1. The lowest BCUT2D eigenvalue weighted by Gasteiger charge is -1.99. The average Bonchev–Trinajstić information content (AvgIpc) is 2.31. The van der Waals surface area contributed by atoms with Crippen molar-refractivity contribution in [3.05, 3.63) is 23.4 Å². The Hall–Kier alpha value is -1.22. The van der Waals surface area contributed by atoms with Crippen LogP contribution in [0.1, 0.15) is 0 Å². The summed E-state index contributed by atoms with van der Waals surface area (Å²) in [5, 5.41) is 5.70. The van der Waals surface area contributed by atoms with Gasteiger partial charge in [-0.25, -0.2) is 0 Å². The van der Waals surface area contributed by atoms with Gasteiger partial charge in [0.25, 0.3) is 0 Å². The second kappa shape index (κ2) is 2.38. The smallest absolute Gasteiger partial charge is 0.0909 e. The lowest BCUT2D eigenvalue weighted by molar-refractivity contribution is 0.798. The Morgan fingerprint density at radius 3 is 3.00 bits per heavy atom. The molecule has 0 saturated carbocycles. The Balaban J connectivity index is 2.93. The SMILES string of the molecule is Cn1ncc2cc(Cl)cc(N)c21. The fourth-order valence-corrected chi connectivity index (χ4v) is 1.56. The maximum Gasteiger partial charge on any atom is 0.0909 e. The quantitative estimate of drug-likeness (QED) is 0.630. The molecule has 0 bridgehead atoms. The second-order valence-corrected chi connectivity index (χ2v) is 3.14. The molecule has 62 valence electrons. The van der Waals surface area contributed by atoms with Crippen LogP contribution < -0.4 is 5.73 Å².